The summed E-state index contributed by atoms with van der Waals surface area (Å²) in [5, 5.41) is 14.3. The molecule has 0 aliphatic heterocycles. The Kier molecular flexibility index (Phi) is 5.73. The van der Waals surface area contributed by atoms with E-state index in [4.69, 9.17) is 21.1 Å². The van der Waals surface area contributed by atoms with E-state index in [1.165, 1.54) is 0 Å². The highest BCUT2D eigenvalue weighted by Gasteiger charge is 2.09. The second-order valence-electron chi connectivity index (χ2n) is 5.46. The van der Waals surface area contributed by atoms with Gasteiger partial charge in [0, 0.05) is 11.3 Å². The highest BCUT2D eigenvalue weighted by molar-refractivity contribution is 6.32. The van der Waals surface area contributed by atoms with Crippen molar-refractivity contribution in [2.45, 2.75) is 0 Å². The number of methoxy groups -OCH3 is 2. The minimum atomic E-state index is -0.300. The summed E-state index contributed by atoms with van der Waals surface area (Å²) in [5.41, 5.74) is 1.20. The summed E-state index contributed by atoms with van der Waals surface area (Å²) < 4.78 is 10.2. The van der Waals surface area contributed by atoms with Crippen molar-refractivity contribution in [3.63, 3.8) is 0 Å². The van der Waals surface area contributed by atoms with Gasteiger partial charge in [-0.25, -0.2) is 0 Å². The van der Waals surface area contributed by atoms with Crippen molar-refractivity contribution in [1.82, 2.24) is 10.2 Å². The molecule has 2 N–H and O–H groups in total. The van der Waals surface area contributed by atoms with Crippen LogP contribution in [0.15, 0.2) is 54.6 Å². The van der Waals surface area contributed by atoms with E-state index in [9.17, 15) is 4.79 Å². The Labute approximate surface area is 161 Å². The number of halogens is 1. The topological polar surface area (TPSA) is 85.4 Å². The van der Waals surface area contributed by atoms with Gasteiger partial charge in [0.15, 0.2) is 11.6 Å². The molecule has 0 saturated heterocycles. The van der Waals surface area contributed by atoms with Gasteiger partial charge in [-0.3, -0.25) is 4.79 Å². The maximum absolute atomic E-state index is 12.3. The highest BCUT2D eigenvalue weighted by atomic mass is 35.5. The van der Waals surface area contributed by atoms with Gasteiger partial charge in [0.1, 0.15) is 11.5 Å². The Balaban J connectivity index is 1.66. The number of rotatable bonds is 6. The van der Waals surface area contributed by atoms with Crippen LogP contribution >= 0.6 is 11.6 Å². The summed E-state index contributed by atoms with van der Waals surface area (Å²) in [6, 6.07) is 15.5. The standard InChI is InChI=1S/C19H17ClN4O3/c1-26-14-5-3-4-12(10-14)19(25)22-18-9-8-17(23-24-18)21-13-6-7-16(27-2)15(20)11-13/h3-11H,1-2H3,(H,21,23)(H,22,24,25). The summed E-state index contributed by atoms with van der Waals surface area (Å²) in [6.45, 7) is 0. The van der Waals surface area contributed by atoms with E-state index in [1.54, 1.807) is 62.8 Å². The Bertz CT molecular complexity index is 948. The first-order valence-electron chi connectivity index (χ1n) is 7.99. The molecule has 0 spiro atoms. The molecule has 3 aromatic rings. The third-order valence-electron chi connectivity index (χ3n) is 3.66. The smallest absolute Gasteiger partial charge is 0.256 e. The normalized spacial score (nSPS) is 10.2. The van der Waals surface area contributed by atoms with E-state index in [-0.39, 0.29) is 5.91 Å². The molecule has 1 aromatic heterocycles. The van der Waals surface area contributed by atoms with Gasteiger partial charge in [-0.15, -0.1) is 10.2 Å². The van der Waals surface area contributed by atoms with Gasteiger partial charge in [-0.1, -0.05) is 17.7 Å². The van der Waals surface area contributed by atoms with Crippen LogP contribution in [0.4, 0.5) is 17.3 Å². The molecule has 0 aliphatic rings. The number of aromatic nitrogens is 2. The van der Waals surface area contributed by atoms with Gasteiger partial charge in [0.25, 0.3) is 5.91 Å². The molecule has 0 fully saturated rings. The third-order valence-corrected chi connectivity index (χ3v) is 3.96. The Morgan fingerprint density at radius 1 is 0.963 bits per heavy atom. The van der Waals surface area contributed by atoms with Crippen molar-refractivity contribution < 1.29 is 14.3 Å². The van der Waals surface area contributed by atoms with Crippen LogP contribution in [0.25, 0.3) is 0 Å². The molecule has 0 bridgehead atoms. The van der Waals surface area contributed by atoms with E-state index in [1.807, 2.05) is 6.07 Å². The van der Waals surface area contributed by atoms with Crippen molar-refractivity contribution in [3.8, 4) is 11.5 Å². The second-order valence-corrected chi connectivity index (χ2v) is 5.87. The zero-order chi connectivity index (χ0) is 19.2. The molecule has 0 saturated carbocycles. The number of nitrogens with zero attached hydrogens (tertiary/aromatic N) is 2. The van der Waals surface area contributed by atoms with Gasteiger partial charge < -0.3 is 20.1 Å². The zero-order valence-corrected chi connectivity index (χ0v) is 15.4. The molecule has 1 amide bonds. The van der Waals surface area contributed by atoms with Crippen LogP contribution in [-0.2, 0) is 0 Å². The average molecular weight is 385 g/mol. The fraction of sp³-hybridized carbons (Fsp3) is 0.105. The maximum atomic E-state index is 12.3. The summed E-state index contributed by atoms with van der Waals surface area (Å²) in [4.78, 5) is 12.3. The molecule has 1 heterocycles. The van der Waals surface area contributed by atoms with Crippen LogP contribution in [0, 0.1) is 0 Å². The molecule has 3 rings (SSSR count). The fourth-order valence-corrected chi connectivity index (χ4v) is 2.57. The molecular formula is C19H17ClN4O3. The van der Waals surface area contributed by atoms with Crippen LogP contribution in [0.3, 0.4) is 0 Å². The fourth-order valence-electron chi connectivity index (χ4n) is 2.31. The lowest BCUT2D eigenvalue weighted by molar-refractivity contribution is 0.102. The van der Waals surface area contributed by atoms with E-state index >= 15 is 0 Å². The predicted octanol–water partition coefficient (Wildman–Crippen LogP) is 4.14. The SMILES string of the molecule is COc1cccc(C(=O)Nc2ccc(Nc3ccc(OC)c(Cl)c3)nn2)c1. The Morgan fingerprint density at radius 2 is 1.74 bits per heavy atom. The van der Waals surface area contributed by atoms with E-state index < -0.39 is 0 Å². The lowest BCUT2D eigenvalue weighted by Crippen LogP contribution is -2.13. The van der Waals surface area contributed by atoms with Gasteiger partial charge in [0.2, 0.25) is 0 Å². The quantitative estimate of drug-likeness (QED) is 0.664. The molecule has 0 unspecified atom stereocenters. The largest absolute Gasteiger partial charge is 0.497 e. The number of carbonyl (C=O) groups is 1. The van der Waals surface area contributed by atoms with Gasteiger partial charge in [-0.05, 0) is 48.5 Å². The molecule has 0 aliphatic carbocycles. The maximum Gasteiger partial charge on any atom is 0.256 e. The minimum absolute atomic E-state index is 0.300. The number of carbonyl (C=O) groups excluding carboxylic acids is 1. The van der Waals surface area contributed by atoms with E-state index in [0.717, 1.165) is 5.69 Å². The van der Waals surface area contributed by atoms with Gasteiger partial charge in [0.05, 0.1) is 19.2 Å². The second kappa shape index (κ2) is 8.37. The number of hydrogen-bond donors (Lipinski definition) is 2. The third kappa shape index (κ3) is 4.65. The molecule has 138 valence electrons. The summed E-state index contributed by atoms with van der Waals surface area (Å²) in [5.74, 6) is 1.73. The van der Waals surface area contributed by atoms with Crippen LogP contribution in [0.2, 0.25) is 5.02 Å². The monoisotopic (exact) mass is 384 g/mol. The first kappa shape index (κ1) is 18.5. The van der Waals surface area contributed by atoms with Crippen molar-refractivity contribution in [1.29, 1.82) is 0 Å². The van der Waals surface area contributed by atoms with Gasteiger partial charge in [-0.2, -0.15) is 0 Å². The van der Waals surface area contributed by atoms with Crippen molar-refractivity contribution in [2.75, 3.05) is 24.9 Å². The van der Waals surface area contributed by atoms with Crippen molar-refractivity contribution in [3.05, 3.63) is 65.2 Å². The van der Waals surface area contributed by atoms with Crippen LogP contribution in [0.5, 0.6) is 11.5 Å². The first-order valence-corrected chi connectivity index (χ1v) is 8.36. The number of nitrogens with one attached hydrogen (secondary N) is 2. The van der Waals surface area contributed by atoms with Crippen LogP contribution in [-0.4, -0.2) is 30.3 Å². The number of benzene rings is 2. The molecule has 0 radical (unpaired) electrons. The number of ether oxygens (including phenoxy) is 2. The Hall–Kier alpha value is -3.32. The molecule has 2 aromatic carbocycles. The average Bonchev–Trinajstić information content (AvgIpc) is 2.69. The van der Waals surface area contributed by atoms with Gasteiger partial charge >= 0.3 is 0 Å². The van der Waals surface area contributed by atoms with Crippen LogP contribution in [0.1, 0.15) is 10.4 Å². The highest BCUT2D eigenvalue weighted by Crippen LogP contribution is 2.28. The summed E-state index contributed by atoms with van der Waals surface area (Å²) in [6.07, 6.45) is 0. The first-order chi connectivity index (χ1) is 13.1. The molecular weight excluding hydrogens is 368 g/mol. The number of hydrogen-bond acceptors (Lipinski definition) is 6. The van der Waals surface area contributed by atoms with E-state index in [2.05, 4.69) is 20.8 Å². The zero-order valence-electron chi connectivity index (χ0n) is 14.7. The molecule has 7 nitrogen and oxygen atoms in total. The molecule has 0 atom stereocenters. The number of anilines is 3. The number of amides is 1. The minimum Gasteiger partial charge on any atom is -0.497 e. The van der Waals surface area contributed by atoms with Crippen LogP contribution < -0.4 is 20.1 Å². The van der Waals surface area contributed by atoms with Crippen molar-refractivity contribution >= 4 is 34.8 Å². The predicted molar refractivity (Wildman–Crippen MR) is 104 cm³/mol. The molecule has 27 heavy (non-hydrogen) atoms. The Morgan fingerprint density at radius 3 is 2.41 bits per heavy atom. The summed E-state index contributed by atoms with van der Waals surface area (Å²) >= 11 is 6.10. The molecule has 8 heteroatoms. The lowest BCUT2D eigenvalue weighted by Gasteiger charge is -2.09. The van der Waals surface area contributed by atoms with E-state index in [0.29, 0.717) is 33.7 Å². The summed E-state index contributed by atoms with van der Waals surface area (Å²) in [7, 11) is 3.10. The van der Waals surface area contributed by atoms with Crippen molar-refractivity contribution in [2.24, 2.45) is 0 Å². The lowest BCUT2D eigenvalue weighted by atomic mass is 10.2.